The van der Waals surface area contributed by atoms with E-state index in [-0.39, 0.29) is 18.2 Å². The fraction of sp³-hybridized carbons (Fsp3) is 0.529. The van der Waals surface area contributed by atoms with Crippen molar-refractivity contribution in [2.75, 3.05) is 24.5 Å². The van der Waals surface area contributed by atoms with E-state index in [0.29, 0.717) is 6.54 Å². The first-order chi connectivity index (χ1) is 10.2. The third-order valence-corrected chi connectivity index (χ3v) is 3.95. The molecule has 0 saturated carbocycles. The Labute approximate surface area is 126 Å². The summed E-state index contributed by atoms with van der Waals surface area (Å²) in [5.74, 6) is -0.144. The van der Waals surface area contributed by atoms with E-state index in [9.17, 15) is 9.59 Å². The quantitative estimate of drug-likeness (QED) is 0.799. The normalized spacial score (nSPS) is 15.4. The standard InChI is InChI=1S/C17H24N2O2/c1-2-19(15-10-6-5-7-11-15)17(21)14-16(20)18-12-8-3-4-9-13-18/h5-7,10-11H,2-4,8-9,12-14H2,1H3. The third-order valence-electron chi connectivity index (χ3n) is 3.95. The van der Waals surface area contributed by atoms with E-state index in [1.54, 1.807) is 4.90 Å². The highest BCUT2D eigenvalue weighted by Crippen LogP contribution is 2.16. The summed E-state index contributed by atoms with van der Waals surface area (Å²) in [4.78, 5) is 28.2. The van der Waals surface area contributed by atoms with Crippen molar-refractivity contribution in [3.63, 3.8) is 0 Å². The lowest BCUT2D eigenvalue weighted by molar-refractivity contribution is -0.135. The maximum atomic E-state index is 12.4. The van der Waals surface area contributed by atoms with Crippen LogP contribution in [-0.2, 0) is 9.59 Å². The monoisotopic (exact) mass is 288 g/mol. The van der Waals surface area contributed by atoms with E-state index >= 15 is 0 Å². The second-order valence-corrected chi connectivity index (χ2v) is 5.45. The maximum Gasteiger partial charge on any atom is 0.236 e. The third kappa shape index (κ3) is 4.31. The van der Waals surface area contributed by atoms with Gasteiger partial charge in [0.2, 0.25) is 11.8 Å². The smallest absolute Gasteiger partial charge is 0.236 e. The summed E-state index contributed by atoms with van der Waals surface area (Å²) in [5.41, 5.74) is 0.855. The molecule has 1 fully saturated rings. The fourth-order valence-electron chi connectivity index (χ4n) is 2.77. The van der Waals surface area contributed by atoms with Crippen LogP contribution < -0.4 is 4.90 Å². The number of likely N-dealkylation sites (tertiary alicyclic amines) is 1. The summed E-state index contributed by atoms with van der Waals surface area (Å²) < 4.78 is 0. The molecule has 1 heterocycles. The van der Waals surface area contributed by atoms with Crippen LogP contribution in [0, 0.1) is 0 Å². The zero-order chi connectivity index (χ0) is 15.1. The summed E-state index contributed by atoms with van der Waals surface area (Å²) in [7, 11) is 0. The number of hydrogen-bond acceptors (Lipinski definition) is 2. The van der Waals surface area contributed by atoms with Gasteiger partial charge in [0, 0.05) is 25.3 Å². The number of carbonyl (C=O) groups excluding carboxylic acids is 2. The van der Waals surface area contributed by atoms with Gasteiger partial charge in [-0.05, 0) is 31.9 Å². The number of para-hydroxylation sites is 1. The van der Waals surface area contributed by atoms with Gasteiger partial charge in [-0.2, -0.15) is 0 Å². The molecule has 0 spiro atoms. The van der Waals surface area contributed by atoms with Crippen molar-refractivity contribution in [3.05, 3.63) is 30.3 Å². The summed E-state index contributed by atoms with van der Waals surface area (Å²) in [5, 5.41) is 0. The molecular weight excluding hydrogens is 264 g/mol. The molecule has 1 aromatic carbocycles. The SMILES string of the molecule is CCN(C(=O)CC(=O)N1CCCCCC1)c1ccccc1. The Kier molecular flexibility index (Phi) is 5.78. The summed E-state index contributed by atoms with van der Waals surface area (Å²) in [6.07, 6.45) is 4.45. The second kappa shape index (κ2) is 7.81. The van der Waals surface area contributed by atoms with Gasteiger partial charge in [0.25, 0.3) is 0 Å². The first-order valence-electron chi connectivity index (χ1n) is 7.85. The molecule has 1 aromatic rings. The molecule has 0 aromatic heterocycles. The number of anilines is 1. The van der Waals surface area contributed by atoms with Crippen LogP contribution >= 0.6 is 0 Å². The Balaban J connectivity index is 1.97. The Morgan fingerprint density at radius 3 is 2.24 bits per heavy atom. The topological polar surface area (TPSA) is 40.6 Å². The molecule has 0 unspecified atom stereocenters. The van der Waals surface area contributed by atoms with Crippen LogP contribution in [0.2, 0.25) is 0 Å². The molecule has 0 atom stereocenters. The van der Waals surface area contributed by atoms with E-state index in [0.717, 1.165) is 31.6 Å². The summed E-state index contributed by atoms with van der Waals surface area (Å²) in [6.45, 7) is 4.10. The highest BCUT2D eigenvalue weighted by atomic mass is 16.2. The Bertz CT molecular complexity index is 465. The minimum atomic E-state index is -0.113. The number of benzene rings is 1. The van der Waals surface area contributed by atoms with Crippen LogP contribution in [0.25, 0.3) is 0 Å². The zero-order valence-corrected chi connectivity index (χ0v) is 12.8. The molecular formula is C17H24N2O2. The van der Waals surface area contributed by atoms with Gasteiger partial charge in [0.15, 0.2) is 0 Å². The number of nitrogens with zero attached hydrogens (tertiary/aromatic N) is 2. The largest absolute Gasteiger partial charge is 0.342 e. The predicted molar refractivity (Wildman–Crippen MR) is 84.1 cm³/mol. The highest BCUT2D eigenvalue weighted by molar-refractivity contribution is 6.04. The summed E-state index contributed by atoms with van der Waals surface area (Å²) in [6, 6.07) is 9.53. The van der Waals surface area contributed by atoms with Crippen LogP contribution in [0.1, 0.15) is 39.0 Å². The maximum absolute atomic E-state index is 12.4. The van der Waals surface area contributed by atoms with Gasteiger partial charge < -0.3 is 9.80 Å². The number of rotatable bonds is 4. The van der Waals surface area contributed by atoms with Crippen LogP contribution in [0.3, 0.4) is 0 Å². The van der Waals surface area contributed by atoms with E-state index in [1.807, 2.05) is 42.2 Å². The van der Waals surface area contributed by atoms with Gasteiger partial charge in [-0.25, -0.2) is 0 Å². The molecule has 4 nitrogen and oxygen atoms in total. The minimum absolute atomic E-state index is 0.0251. The van der Waals surface area contributed by atoms with E-state index in [4.69, 9.17) is 0 Å². The molecule has 21 heavy (non-hydrogen) atoms. The van der Waals surface area contributed by atoms with Crippen molar-refractivity contribution in [3.8, 4) is 0 Å². The molecule has 0 aliphatic carbocycles. The lowest BCUT2D eigenvalue weighted by Crippen LogP contribution is -2.38. The van der Waals surface area contributed by atoms with Gasteiger partial charge >= 0.3 is 0 Å². The van der Waals surface area contributed by atoms with Gasteiger partial charge in [0.05, 0.1) is 0 Å². The van der Waals surface area contributed by atoms with E-state index < -0.39 is 0 Å². The lowest BCUT2D eigenvalue weighted by Gasteiger charge is -2.24. The minimum Gasteiger partial charge on any atom is -0.342 e. The molecule has 1 saturated heterocycles. The van der Waals surface area contributed by atoms with Crippen molar-refractivity contribution in [2.24, 2.45) is 0 Å². The summed E-state index contributed by atoms with van der Waals surface area (Å²) >= 11 is 0. The molecule has 1 aliphatic heterocycles. The van der Waals surface area contributed by atoms with E-state index in [1.165, 1.54) is 12.8 Å². The van der Waals surface area contributed by atoms with Crippen LogP contribution in [-0.4, -0.2) is 36.3 Å². The first-order valence-corrected chi connectivity index (χ1v) is 7.85. The Morgan fingerprint density at radius 2 is 1.67 bits per heavy atom. The number of hydrogen-bond donors (Lipinski definition) is 0. The molecule has 2 rings (SSSR count). The molecule has 2 amide bonds. The number of carbonyl (C=O) groups is 2. The average Bonchev–Trinajstić information content (AvgIpc) is 2.78. The van der Waals surface area contributed by atoms with Crippen molar-refractivity contribution in [1.82, 2.24) is 4.90 Å². The van der Waals surface area contributed by atoms with Crippen molar-refractivity contribution >= 4 is 17.5 Å². The van der Waals surface area contributed by atoms with Crippen molar-refractivity contribution in [1.29, 1.82) is 0 Å². The van der Waals surface area contributed by atoms with Crippen molar-refractivity contribution in [2.45, 2.75) is 39.0 Å². The van der Waals surface area contributed by atoms with Gasteiger partial charge in [-0.3, -0.25) is 9.59 Å². The molecule has 0 bridgehead atoms. The predicted octanol–water partition coefficient (Wildman–Crippen LogP) is 2.83. The highest BCUT2D eigenvalue weighted by Gasteiger charge is 2.22. The van der Waals surface area contributed by atoms with Gasteiger partial charge in [-0.15, -0.1) is 0 Å². The fourth-order valence-corrected chi connectivity index (χ4v) is 2.77. The van der Waals surface area contributed by atoms with Crippen LogP contribution in [0.5, 0.6) is 0 Å². The van der Waals surface area contributed by atoms with Gasteiger partial charge in [0.1, 0.15) is 6.42 Å². The lowest BCUT2D eigenvalue weighted by atomic mass is 10.2. The molecule has 114 valence electrons. The van der Waals surface area contributed by atoms with Crippen molar-refractivity contribution < 1.29 is 9.59 Å². The van der Waals surface area contributed by atoms with E-state index in [2.05, 4.69) is 0 Å². The van der Waals surface area contributed by atoms with Crippen LogP contribution in [0.4, 0.5) is 5.69 Å². The van der Waals surface area contributed by atoms with Crippen LogP contribution in [0.15, 0.2) is 30.3 Å². The Morgan fingerprint density at radius 1 is 1.05 bits per heavy atom. The second-order valence-electron chi connectivity index (χ2n) is 5.45. The average molecular weight is 288 g/mol. The zero-order valence-electron chi connectivity index (χ0n) is 12.8. The molecule has 1 aliphatic rings. The molecule has 0 radical (unpaired) electrons. The number of amides is 2. The van der Waals surface area contributed by atoms with Gasteiger partial charge in [-0.1, -0.05) is 31.0 Å². The Hall–Kier alpha value is -1.84. The first kappa shape index (κ1) is 15.5. The molecule has 4 heteroatoms. The molecule has 0 N–H and O–H groups in total.